The molecule has 0 aliphatic carbocycles. The minimum atomic E-state index is -0.696. The Morgan fingerprint density at radius 3 is 2.59 bits per heavy atom. The smallest absolute Gasteiger partial charge is 0.340 e. The van der Waals surface area contributed by atoms with Crippen molar-refractivity contribution in [1.29, 1.82) is 0 Å². The number of esters is 1. The molecule has 1 aromatic carbocycles. The van der Waals surface area contributed by atoms with Gasteiger partial charge in [-0.1, -0.05) is 30.7 Å². The van der Waals surface area contributed by atoms with E-state index in [1.807, 2.05) is 6.92 Å². The van der Waals surface area contributed by atoms with E-state index < -0.39 is 24.5 Å². The van der Waals surface area contributed by atoms with Gasteiger partial charge in [-0.25, -0.2) is 4.79 Å². The highest BCUT2D eigenvalue weighted by molar-refractivity contribution is 6.33. The van der Waals surface area contributed by atoms with Crippen molar-refractivity contribution in [3.05, 3.63) is 34.9 Å². The summed E-state index contributed by atoms with van der Waals surface area (Å²) in [6.07, 6.45) is 0.807. The molecule has 0 saturated heterocycles. The maximum Gasteiger partial charge on any atom is 0.340 e. The van der Waals surface area contributed by atoms with Crippen LogP contribution >= 0.6 is 11.6 Å². The lowest BCUT2D eigenvalue weighted by molar-refractivity contribution is -0.130. The van der Waals surface area contributed by atoms with E-state index >= 15 is 0 Å². The largest absolute Gasteiger partial charge is 0.452 e. The average Bonchev–Trinajstić information content (AvgIpc) is 2.50. The van der Waals surface area contributed by atoms with E-state index in [0.29, 0.717) is 6.54 Å². The molecule has 0 aromatic heterocycles. The standard InChI is InChI=1S/C15H19ClN2O4/c1-3-8-17-14(20)10(2)18-13(19)9-22-15(21)11-6-4-5-7-12(11)16/h4-7,10H,3,8-9H2,1-2H3,(H,17,20)(H,18,19)/t10-/m0/s1. The molecular formula is C15H19ClN2O4. The zero-order chi connectivity index (χ0) is 16.5. The Balaban J connectivity index is 2.41. The molecule has 0 heterocycles. The summed E-state index contributed by atoms with van der Waals surface area (Å²) in [7, 11) is 0. The SMILES string of the molecule is CCCNC(=O)[C@H](C)NC(=O)COC(=O)c1ccccc1Cl. The Morgan fingerprint density at radius 2 is 1.95 bits per heavy atom. The summed E-state index contributed by atoms with van der Waals surface area (Å²) < 4.78 is 4.87. The Hall–Kier alpha value is -2.08. The number of hydrogen-bond donors (Lipinski definition) is 2. The van der Waals surface area contributed by atoms with Crippen LogP contribution in [0.1, 0.15) is 30.6 Å². The van der Waals surface area contributed by atoms with Crippen molar-refractivity contribution >= 4 is 29.4 Å². The van der Waals surface area contributed by atoms with E-state index in [1.165, 1.54) is 6.07 Å². The molecule has 0 radical (unpaired) electrons. The van der Waals surface area contributed by atoms with Gasteiger partial charge in [-0.3, -0.25) is 9.59 Å². The van der Waals surface area contributed by atoms with Crippen molar-refractivity contribution in [1.82, 2.24) is 10.6 Å². The van der Waals surface area contributed by atoms with Crippen LogP contribution in [0.4, 0.5) is 0 Å². The highest BCUT2D eigenvalue weighted by atomic mass is 35.5. The highest BCUT2D eigenvalue weighted by Crippen LogP contribution is 2.15. The molecule has 0 fully saturated rings. The van der Waals surface area contributed by atoms with Crippen LogP contribution in [0.15, 0.2) is 24.3 Å². The summed E-state index contributed by atoms with van der Waals surface area (Å²) in [5, 5.41) is 5.36. The topological polar surface area (TPSA) is 84.5 Å². The number of rotatable bonds is 7. The van der Waals surface area contributed by atoms with E-state index in [9.17, 15) is 14.4 Å². The molecule has 7 heteroatoms. The molecule has 0 spiro atoms. The van der Waals surface area contributed by atoms with Gasteiger partial charge >= 0.3 is 5.97 Å². The third-order valence-electron chi connectivity index (χ3n) is 2.75. The number of benzene rings is 1. The van der Waals surface area contributed by atoms with Crippen LogP contribution in [0.3, 0.4) is 0 Å². The van der Waals surface area contributed by atoms with E-state index in [0.717, 1.165) is 6.42 Å². The molecule has 0 saturated carbocycles. The maximum absolute atomic E-state index is 11.8. The van der Waals surface area contributed by atoms with Gasteiger partial charge in [0.2, 0.25) is 5.91 Å². The lowest BCUT2D eigenvalue weighted by Gasteiger charge is -2.14. The lowest BCUT2D eigenvalue weighted by atomic mass is 10.2. The van der Waals surface area contributed by atoms with Gasteiger partial charge in [-0.2, -0.15) is 0 Å². The van der Waals surface area contributed by atoms with Gasteiger partial charge < -0.3 is 15.4 Å². The molecule has 6 nitrogen and oxygen atoms in total. The van der Waals surface area contributed by atoms with Gasteiger partial charge in [0.1, 0.15) is 6.04 Å². The van der Waals surface area contributed by atoms with E-state index in [1.54, 1.807) is 25.1 Å². The molecule has 22 heavy (non-hydrogen) atoms. The Morgan fingerprint density at radius 1 is 1.27 bits per heavy atom. The summed E-state index contributed by atoms with van der Waals surface area (Å²) in [4.78, 5) is 35.0. The van der Waals surface area contributed by atoms with Gasteiger partial charge in [0.25, 0.3) is 5.91 Å². The maximum atomic E-state index is 11.8. The zero-order valence-corrected chi connectivity index (χ0v) is 13.3. The third kappa shape index (κ3) is 5.73. The van der Waals surface area contributed by atoms with Crippen LogP contribution in [-0.2, 0) is 14.3 Å². The second kappa shape index (κ2) is 9.04. The molecular weight excluding hydrogens is 308 g/mol. The molecule has 0 aliphatic rings. The van der Waals surface area contributed by atoms with Crippen molar-refractivity contribution in [3.8, 4) is 0 Å². The van der Waals surface area contributed by atoms with Crippen LogP contribution in [0, 0.1) is 0 Å². The Bertz CT molecular complexity index is 548. The molecule has 1 aromatic rings. The average molecular weight is 327 g/mol. The fourth-order valence-electron chi connectivity index (χ4n) is 1.59. The highest BCUT2D eigenvalue weighted by Gasteiger charge is 2.17. The molecule has 0 bridgehead atoms. The van der Waals surface area contributed by atoms with E-state index in [-0.39, 0.29) is 16.5 Å². The predicted octanol–water partition coefficient (Wildman–Crippen LogP) is 1.53. The van der Waals surface area contributed by atoms with Crippen LogP contribution < -0.4 is 10.6 Å². The molecule has 0 aliphatic heterocycles. The number of nitrogens with one attached hydrogen (secondary N) is 2. The monoisotopic (exact) mass is 326 g/mol. The van der Waals surface area contributed by atoms with Crippen LogP contribution in [-0.4, -0.2) is 37.0 Å². The Labute approximate surface area is 134 Å². The van der Waals surface area contributed by atoms with E-state index in [2.05, 4.69) is 10.6 Å². The first-order valence-electron chi connectivity index (χ1n) is 6.94. The first-order valence-corrected chi connectivity index (χ1v) is 7.32. The van der Waals surface area contributed by atoms with Crippen molar-refractivity contribution in [2.75, 3.05) is 13.2 Å². The Kier molecular flexibility index (Phi) is 7.39. The predicted molar refractivity (Wildman–Crippen MR) is 82.6 cm³/mol. The molecule has 1 atom stereocenters. The molecule has 2 amide bonds. The van der Waals surface area contributed by atoms with Crippen molar-refractivity contribution in [2.24, 2.45) is 0 Å². The number of hydrogen-bond acceptors (Lipinski definition) is 4. The minimum Gasteiger partial charge on any atom is -0.452 e. The summed E-state index contributed by atoms with van der Waals surface area (Å²) in [6, 6.07) is 5.69. The fraction of sp³-hybridized carbons (Fsp3) is 0.400. The van der Waals surface area contributed by atoms with Crippen molar-refractivity contribution in [3.63, 3.8) is 0 Å². The first-order chi connectivity index (χ1) is 10.5. The number of carbonyl (C=O) groups excluding carboxylic acids is 3. The van der Waals surface area contributed by atoms with Crippen molar-refractivity contribution in [2.45, 2.75) is 26.3 Å². The van der Waals surface area contributed by atoms with Gasteiger partial charge in [-0.15, -0.1) is 0 Å². The molecule has 1 rings (SSSR count). The molecule has 0 unspecified atom stereocenters. The van der Waals surface area contributed by atoms with Gasteiger partial charge in [0.05, 0.1) is 10.6 Å². The number of ether oxygens (including phenoxy) is 1. The fourth-order valence-corrected chi connectivity index (χ4v) is 1.80. The number of carbonyl (C=O) groups is 3. The first kappa shape index (κ1) is 18.0. The zero-order valence-electron chi connectivity index (χ0n) is 12.5. The number of halogens is 1. The van der Waals surface area contributed by atoms with Gasteiger partial charge in [0, 0.05) is 6.54 Å². The molecule has 120 valence electrons. The summed E-state index contributed by atoms with van der Waals surface area (Å²) in [6.45, 7) is 3.55. The summed E-state index contributed by atoms with van der Waals surface area (Å²) in [5.41, 5.74) is 0.186. The summed E-state index contributed by atoms with van der Waals surface area (Å²) >= 11 is 5.85. The second-order valence-electron chi connectivity index (χ2n) is 4.64. The normalized spacial score (nSPS) is 11.4. The van der Waals surface area contributed by atoms with Crippen molar-refractivity contribution < 1.29 is 19.1 Å². The second-order valence-corrected chi connectivity index (χ2v) is 5.04. The van der Waals surface area contributed by atoms with Gasteiger partial charge in [-0.05, 0) is 25.5 Å². The van der Waals surface area contributed by atoms with Gasteiger partial charge in [0.15, 0.2) is 6.61 Å². The summed E-state index contributed by atoms with van der Waals surface area (Å²) in [5.74, 6) is -1.53. The third-order valence-corrected chi connectivity index (χ3v) is 3.08. The van der Waals surface area contributed by atoms with Crippen LogP contribution in [0.25, 0.3) is 0 Å². The lowest BCUT2D eigenvalue weighted by Crippen LogP contribution is -2.46. The van der Waals surface area contributed by atoms with Crippen LogP contribution in [0.5, 0.6) is 0 Å². The minimum absolute atomic E-state index is 0.186. The number of amides is 2. The molecule has 2 N–H and O–H groups in total. The van der Waals surface area contributed by atoms with Crippen LogP contribution in [0.2, 0.25) is 5.02 Å². The van der Waals surface area contributed by atoms with E-state index in [4.69, 9.17) is 16.3 Å². The quantitative estimate of drug-likeness (QED) is 0.744.